The molecule has 3 heteroatoms. The lowest BCUT2D eigenvalue weighted by Gasteiger charge is -1.90. The van der Waals surface area contributed by atoms with Gasteiger partial charge in [-0.2, -0.15) is 0 Å². The number of thioether (sulfide) groups is 1. The second-order valence-electron chi connectivity index (χ2n) is 1.65. The van der Waals surface area contributed by atoms with E-state index < -0.39 is 0 Å². The summed E-state index contributed by atoms with van der Waals surface area (Å²) in [5, 5.41) is 0.126. The van der Waals surface area contributed by atoms with Gasteiger partial charge in [-0.1, -0.05) is 11.8 Å². The summed E-state index contributed by atoms with van der Waals surface area (Å²) in [6, 6.07) is 0. The molecule has 0 saturated carbocycles. The van der Waals surface area contributed by atoms with E-state index in [2.05, 4.69) is 0 Å². The molecule has 0 atom stereocenters. The molecule has 0 rings (SSSR count). The molecule has 0 saturated heterocycles. The molecule has 0 unspecified atom stereocenters. The van der Waals surface area contributed by atoms with Gasteiger partial charge in [-0.05, 0) is 6.42 Å². The summed E-state index contributed by atoms with van der Waals surface area (Å²) in [7, 11) is 0. The predicted octanol–water partition coefficient (Wildman–Crippen LogP) is 1.25. The van der Waals surface area contributed by atoms with Crippen LogP contribution in [-0.2, 0) is 9.59 Å². The van der Waals surface area contributed by atoms with Gasteiger partial charge in [0.15, 0.2) is 5.12 Å². The normalized spacial score (nSPS) is 9.00. The van der Waals surface area contributed by atoms with Crippen LogP contribution < -0.4 is 0 Å². The topological polar surface area (TPSA) is 34.1 Å². The number of hydrogen-bond acceptors (Lipinski definition) is 3. The van der Waals surface area contributed by atoms with E-state index in [0.29, 0.717) is 6.42 Å². The van der Waals surface area contributed by atoms with Crippen LogP contribution in [0.1, 0.15) is 19.8 Å². The third kappa shape index (κ3) is 7.69. The van der Waals surface area contributed by atoms with Gasteiger partial charge in [0.1, 0.15) is 6.29 Å². The van der Waals surface area contributed by atoms with Gasteiger partial charge in [-0.3, -0.25) is 4.79 Å². The number of aldehydes is 1. The van der Waals surface area contributed by atoms with E-state index in [1.54, 1.807) is 0 Å². The molecule has 2 nitrogen and oxygen atoms in total. The molecule has 0 radical (unpaired) electrons. The molecular weight excluding hydrogens is 136 g/mol. The molecule has 0 fully saturated rings. The Bertz CT molecular complexity index is 101. The Balaban J connectivity index is 2.91. The first kappa shape index (κ1) is 8.69. The highest BCUT2D eigenvalue weighted by Crippen LogP contribution is 2.03. The van der Waals surface area contributed by atoms with Crippen molar-refractivity contribution in [3.8, 4) is 0 Å². The van der Waals surface area contributed by atoms with Crippen molar-refractivity contribution < 1.29 is 9.59 Å². The van der Waals surface area contributed by atoms with Crippen LogP contribution in [0.5, 0.6) is 0 Å². The summed E-state index contributed by atoms with van der Waals surface area (Å²) in [4.78, 5) is 20.0. The highest BCUT2D eigenvalue weighted by molar-refractivity contribution is 8.13. The minimum Gasteiger partial charge on any atom is -0.303 e. The third-order valence-electron chi connectivity index (χ3n) is 0.772. The first-order valence-corrected chi connectivity index (χ1v) is 3.83. The Kier molecular flexibility index (Phi) is 5.62. The molecule has 0 amide bonds. The zero-order chi connectivity index (χ0) is 7.11. The average Bonchev–Trinajstić information content (AvgIpc) is 1.80. The fourth-order valence-electron chi connectivity index (χ4n) is 0.383. The third-order valence-corrected chi connectivity index (χ3v) is 1.67. The van der Waals surface area contributed by atoms with E-state index in [0.717, 1.165) is 18.5 Å². The summed E-state index contributed by atoms with van der Waals surface area (Å²) in [5.74, 6) is 0.772. The fourth-order valence-corrected chi connectivity index (χ4v) is 0.981. The molecule has 0 heterocycles. The standard InChI is InChI=1S/C6H10O2S/c1-6(8)9-5-3-2-4-7/h4H,2-3,5H2,1H3. The molecular formula is C6H10O2S. The summed E-state index contributed by atoms with van der Waals surface area (Å²) >= 11 is 1.27. The van der Waals surface area contributed by atoms with E-state index in [4.69, 9.17) is 0 Å². The van der Waals surface area contributed by atoms with E-state index in [1.165, 1.54) is 18.7 Å². The molecule has 0 aliphatic carbocycles. The zero-order valence-corrected chi connectivity index (χ0v) is 6.24. The number of rotatable bonds is 4. The van der Waals surface area contributed by atoms with Crippen LogP contribution in [0.15, 0.2) is 0 Å². The van der Waals surface area contributed by atoms with Crippen molar-refractivity contribution in [1.82, 2.24) is 0 Å². The molecule has 0 N–H and O–H groups in total. The van der Waals surface area contributed by atoms with Crippen molar-refractivity contribution in [3.05, 3.63) is 0 Å². The predicted molar refractivity (Wildman–Crippen MR) is 38.4 cm³/mol. The number of carbonyl (C=O) groups excluding carboxylic acids is 2. The van der Waals surface area contributed by atoms with Crippen LogP contribution in [0.2, 0.25) is 0 Å². The van der Waals surface area contributed by atoms with Crippen LogP contribution in [0, 0.1) is 0 Å². The smallest absolute Gasteiger partial charge is 0.185 e. The lowest BCUT2D eigenvalue weighted by atomic mass is 10.4. The fraction of sp³-hybridized carbons (Fsp3) is 0.667. The van der Waals surface area contributed by atoms with Crippen molar-refractivity contribution in [3.63, 3.8) is 0 Å². The lowest BCUT2D eigenvalue weighted by molar-refractivity contribution is -0.109. The summed E-state index contributed by atoms with van der Waals surface area (Å²) in [6.45, 7) is 1.53. The monoisotopic (exact) mass is 146 g/mol. The van der Waals surface area contributed by atoms with Gasteiger partial charge in [0.05, 0.1) is 0 Å². The number of hydrogen-bond donors (Lipinski definition) is 0. The molecule has 0 aromatic carbocycles. The van der Waals surface area contributed by atoms with Crippen molar-refractivity contribution in [2.45, 2.75) is 19.8 Å². The Labute approximate surface area is 59.0 Å². The van der Waals surface area contributed by atoms with Gasteiger partial charge in [0, 0.05) is 19.1 Å². The van der Waals surface area contributed by atoms with Gasteiger partial charge in [0.2, 0.25) is 0 Å². The van der Waals surface area contributed by atoms with Crippen LogP contribution >= 0.6 is 11.8 Å². The maximum absolute atomic E-state index is 10.3. The Morgan fingerprint density at radius 2 is 2.33 bits per heavy atom. The van der Waals surface area contributed by atoms with Crippen molar-refractivity contribution in [1.29, 1.82) is 0 Å². The molecule has 0 aliphatic heterocycles. The maximum Gasteiger partial charge on any atom is 0.185 e. The first-order valence-electron chi connectivity index (χ1n) is 2.84. The Hall–Kier alpha value is -0.310. The van der Waals surface area contributed by atoms with E-state index in [9.17, 15) is 9.59 Å². The Morgan fingerprint density at radius 1 is 1.67 bits per heavy atom. The van der Waals surface area contributed by atoms with Gasteiger partial charge in [-0.15, -0.1) is 0 Å². The molecule has 0 aliphatic rings. The van der Waals surface area contributed by atoms with Gasteiger partial charge in [-0.25, -0.2) is 0 Å². The lowest BCUT2D eigenvalue weighted by Crippen LogP contribution is -1.86. The minimum atomic E-state index is 0.126. The van der Waals surface area contributed by atoms with Crippen LogP contribution in [0.4, 0.5) is 0 Å². The molecule has 52 valence electrons. The summed E-state index contributed by atoms with van der Waals surface area (Å²) < 4.78 is 0. The summed E-state index contributed by atoms with van der Waals surface area (Å²) in [5.41, 5.74) is 0. The second kappa shape index (κ2) is 5.82. The van der Waals surface area contributed by atoms with E-state index in [1.807, 2.05) is 0 Å². The average molecular weight is 146 g/mol. The van der Waals surface area contributed by atoms with Crippen LogP contribution in [0.3, 0.4) is 0 Å². The molecule has 9 heavy (non-hydrogen) atoms. The van der Waals surface area contributed by atoms with Crippen LogP contribution in [-0.4, -0.2) is 17.2 Å². The maximum atomic E-state index is 10.3. The zero-order valence-electron chi connectivity index (χ0n) is 5.42. The molecule has 0 aromatic heterocycles. The molecule has 0 bridgehead atoms. The molecule has 0 aromatic rings. The minimum absolute atomic E-state index is 0.126. The highest BCUT2D eigenvalue weighted by atomic mass is 32.2. The SMILES string of the molecule is CC(=O)SCCCC=O. The number of carbonyl (C=O) groups is 2. The van der Waals surface area contributed by atoms with Gasteiger partial charge < -0.3 is 4.79 Å². The quantitative estimate of drug-likeness (QED) is 0.442. The Morgan fingerprint density at radius 3 is 2.78 bits per heavy atom. The number of unbranched alkanes of at least 4 members (excludes halogenated alkanes) is 1. The highest BCUT2D eigenvalue weighted by Gasteiger charge is 1.91. The second-order valence-corrected chi connectivity index (χ2v) is 2.92. The van der Waals surface area contributed by atoms with E-state index in [-0.39, 0.29) is 5.12 Å². The first-order chi connectivity index (χ1) is 4.27. The van der Waals surface area contributed by atoms with Gasteiger partial charge in [0.25, 0.3) is 0 Å². The van der Waals surface area contributed by atoms with E-state index >= 15 is 0 Å². The van der Waals surface area contributed by atoms with Crippen LogP contribution in [0.25, 0.3) is 0 Å². The van der Waals surface area contributed by atoms with Crippen molar-refractivity contribution in [2.75, 3.05) is 5.75 Å². The largest absolute Gasteiger partial charge is 0.303 e. The van der Waals surface area contributed by atoms with Crippen molar-refractivity contribution in [2.24, 2.45) is 0 Å². The van der Waals surface area contributed by atoms with Gasteiger partial charge >= 0.3 is 0 Å². The summed E-state index contributed by atoms with van der Waals surface area (Å²) in [6.07, 6.45) is 2.26. The van der Waals surface area contributed by atoms with Crippen molar-refractivity contribution >= 4 is 23.2 Å². The molecule has 0 spiro atoms.